The van der Waals surface area contributed by atoms with E-state index in [0.29, 0.717) is 36.8 Å². The maximum atomic E-state index is 12.4. The second-order valence-electron chi connectivity index (χ2n) is 6.40. The lowest BCUT2D eigenvalue weighted by atomic mass is 9.96. The van der Waals surface area contributed by atoms with Gasteiger partial charge < -0.3 is 4.90 Å². The van der Waals surface area contributed by atoms with Crippen molar-refractivity contribution < 1.29 is 4.79 Å². The number of aromatic nitrogens is 3. The third-order valence-corrected chi connectivity index (χ3v) is 5.48. The molecule has 2 aromatic heterocycles. The summed E-state index contributed by atoms with van der Waals surface area (Å²) in [7, 11) is 0. The zero-order chi connectivity index (χ0) is 17.3. The van der Waals surface area contributed by atoms with Gasteiger partial charge in [0.25, 0.3) is 11.5 Å². The van der Waals surface area contributed by atoms with E-state index in [-0.39, 0.29) is 11.5 Å². The van der Waals surface area contributed by atoms with E-state index in [1.807, 2.05) is 31.1 Å². The van der Waals surface area contributed by atoms with Crippen molar-refractivity contribution in [2.24, 2.45) is 5.92 Å². The van der Waals surface area contributed by atoms with Crippen LogP contribution in [0.1, 0.15) is 39.6 Å². The molecule has 128 valence electrons. The largest absolute Gasteiger partial charge is 0.337 e. The fourth-order valence-electron chi connectivity index (χ4n) is 3.03. The van der Waals surface area contributed by atoms with Crippen LogP contribution in [0.2, 0.25) is 0 Å². The van der Waals surface area contributed by atoms with E-state index in [2.05, 4.69) is 9.97 Å². The fourth-order valence-corrected chi connectivity index (χ4v) is 3.61. The molecule has 2 aromatic rings. The highest BCUT2D eigenvalue weighted by atomic mass is 32.1. The highest BCUT2D eigenvalue weighted by Crippen LogP contribution is 2.21. The number of hydrogen-bond acceptors (Lipinski definition) is 5. The monoisotopic (exact) mass is 346 g/mol. The number of likely N-dealkylation sites (tertiary alicyclic amines) is 1. The quantitative estimate of drug-likeness (QED) is 0.854. The van der Waals surface area contributed by atoms with Gasteiger partial charge in [0.15, 0.2) is 0 Å². The minimum atomic E-state index is 0.0165. The molecule has 0 radical (unpaired) electrons. The molecule has 1 amide bonds. The standard InChI is InChI=1S/C17H22N4O2S/c1-11-12(2)18-10-21(16(11)22)8-14-4-6-20(7-5-14)17(23)15-9-24-13(3)19-15/h9-10,14H,4-8H2,1-3H3. The van der Waals surface area contributed by atoms with Gasteiger partial charge in [-0.25, -0.2) is 9.97 Å². The van der Waals surface area contributed by atoms with E-state index in [1.54, 1.807) is 10.9 Å². The second kappa shape index (κ2) is 6.84. The van der Waals surface area contributed by atoms with Crippen LogP contribution in [0.25, 0.3) is 0 Å². The summed E-state index contributed by atoms with van der Waals surface area (Å²) in [5.74, 6) is 0.413. The molecule has 0 saturated carbocycles. The Kier molecular flexibility index (Phi) is 4.80. The van der Waals surface area contributed by atoms with Crippen LogP contribution in [0.5, 0.6) is 0 Å². The highest BCUT2D eigenvalue weighted by Gasteiger charge is 2.25. The van der Waals surface area contributed by atoms with Crippen molar-refractivity contribution in [3.63, 3.8) is 0 Å². The smallest absolute Gasteiger partial charge is 0.273 e. The molecule has 1 aliphatic rings. The van der Waals surface area contributed by atoms with Crippen molar-refractivity contribution in [2.45, 2.75) is 40.2 Å². The van der Waals surface area contributed by atoms with E-state index in [0.717, 1.165) is 23.5 Å². The van der Waals surface area contributed by atoms with E-state index >= 15 is 0 Å². The first-order valence-electron chi connectivity index (χ1n) is 8.19. The maximum Gasteiger partial charge on any atom is 0.273 e. The molecule has 3 rings (SSSR count). The van der Waals surface area contributed by atoms with E-state index in [9.17, 15) is 9.59 Å². The predicted molar refractivity (Wildman–Crippen MR) is 93.4 cm³/mol. The van der Waals surface area contributed by atoms with Gasteiger partial charge in [-0.3, -0.25) is 14.2 Å². The fraction of sp³-hybridized carbons (Fsp3) is 0.529. The predicted octanol–water partition coefficient (Wildman–Crippen LogP) is 2.18. The Morgan fingerprint density at radius 3 is 2.62 bits per heavy atom. The number of thiazole rings is 1. The summed E-state index contributed by atoms with van der Waals surface area (Å²) in [6.45, 7) is 7.68. The number of piperidine rings is 1. The lowest BCUT2D eigenvalue weighted by Crippen LogP contribution is -2.40. The van der Waals surface area contributed by atoms with Crippen LogP contribution < -0.4 is 5.56 Å². The Labute approximate surface area is 145 Å². The normalized spacial score (nSPS) is 15.7. The van der Waals surface area contributed by atoms with Gasteiger partial charge in [-0.15, -0.1) is 11.3 Å². The lowest BCUT2D eigenvalue weighted by molar-refractivity contribution is 0.0677. The molecule has 0 spiro atoms. The van der Waals surface area contributed by atoms with Crippen LogP contribution in [-0.4, -0.2) is 38.4 Å². The Balaban J connectivity index is 1.60. The number of aryl methyl sites for hydroxylation is 2. The number of nitrogens with zero attached hydrogens (tertiary/aromatic N) is 4. The van der Waals surface area contributed by atoms with Crippen molar-refractivity contribution in [3.8, 4) is 0 Å². The summed E-state index contributed by atoms with van der Waals surface area (Å²) in [5.41, 5.74) is 2.09. The summed E-state index contributed by atoms with van der Waals surface area (Å²) in [6.07, 6.45) is 3.43. The van der Waals surface area contributed by atoms with Crippen molar-refractivity contribution in [3.05, 3.63) is 44.0 Å². The molecular formula is C17H22N4O2S. The van der Waals surface area contributed by atoms with E-state index < -0.39 is 0 Å². The van der Waals surface area contributed by atoms with Gasteiger partial charge in [-0.2, -0.15) is 0 Å². The topological polar surface area (TPSA) is 68.1 Å². The summed E-state index contributed by atoms with van der Waals surface area (Å²) in [5, 5.41) is 2.74. The van der Waals surface area contributed by atoms with E-state index in [4.69, 9.17) is 0 Å². The van der Waals surface area contributed by atoms with Gasteiger partial charge in [-0.1, -0.05) is 0 Å². The molecule has 0 atom stereocenters. The molecule has 0 aliphatic carbocycles. The molecular weight excluding hydrogens is 324 g/mol. The Morgan fingerprint density at radius 1 is 1.29 bits per heavy atom. The molecule has 0 bridgehead atoms. The van der Waals surface area contributed by atoms with E-state index in [1.165, 1.54) is 11.3 Å². The minimum Gasteiger partial charge on any atom is -0.337 e. The van der Waals surface area contributed by atoms with Crippen LogP contribution in [0.3, 0.4) is 0 Å². The molecule has 1 fully saturated rings. The number of hydrogen-bond donors (Lipinski definition) is 0. The molecule has 6 nitrogen and oxygen atoms in total. The third-order valence-electron chi connectivity index (χ3n) is 4.71. The van der Waals surface area contributed by atoms with Gasteiger partial charge in [-0.05, 0) is 39.5 Å². The highest BCUT2D eigenvalue weighted by molar-refractivity contribution is 7.09. The maximum absolute atomic E-state index is 12.4. The first-order chi connectivity index (χ1) is 11.5. The molecule has 0 unspecified atom stereocenters. The Bertz CT molecular complexity index is 803. The molecule has 24 heavy (non-hydrogen) atoms. The first-order valence-corrected chi connectivity index (χ1v) is 9.07. The van der Waals surface area contributed by atoms with Crippen molar-refractivity contribution in [1.82, 2.24) is 19.4 Å². The second-order valence-corrected chi connectivity index (χ2v) is 7.46. The van der Waals surface area contributed by atoms with Gasteiger partial charge in [0.2, 0.25) is 0 Å². The van der Waals surface area contributed by atoms with Gasteiger partial charge in [0.1, 0.15) is 5.69 Å². The van der Waals surface area contributed by atoms with Crippen LogP contribution in [0.4, 0.5) is 0 Å². The number of carbonyl (C=O) groups is 1. The first kappa shape index (κ1) is 16.8. The summed E-state index contributed by atoms with van der Waals surface area (Å²) in [6, 6.07) is 0. The molecule has 0 aromatic carbocycles. The summed E-state index contributed by atoms with van der Waals surface area (Å²) < 4.78 is 1.70. The molecule has 0 N–H and O–H groups in total. The summed E-state index contributed by atoms with van der Waals surface area (Å²) >= 11 is 1.50. The third kappa shape index (κ3) is 3.40. The average Bonchev–Trinajstić information content (AvgIpc) is 3.02. The van der Waals surface area contributed by atoms with Crippen LogP contribution in [-0.2, 0) is 6.54 Å². The average molecular weight is 346 g/mol. The number of rotatable bonds is 3. The van der Waals surface area contributed by atoms with Gasteiger partial charge in [0, 0.05) is 36.3 Å². The molecule has 3 heterocycles. The van der Waals surface area contributed by atoms with Crippen molar-refractivity contribution in [2.75, 3.05) is 13.1 Å². The number of amides is 1. The zero-order valence-electron chi connectivity index (χ0n) is 14.3. The Hall–Kier alpha value is -2.02. The molecule has 1 saturated heterocycles. The lowest BCUT2D eigenvalue weighted by Gasteiger charge is -2.31. The van der Waals surface area contributed by atoms with Crippen molar-refractivity contribution >= 4 is 17.2 Å². The van der Waals surface area contributed by atoms with Gasteiger partial charge in [0.05, 0.1) is 11.3 Å². The molecule has 1 aliphatic heterocycles. The van der Waals surface area contributed by atoms with Gasteiger partial charge >= 0.3 is 0 Å². The number of carbonyl (C=O) groups excluding carboxylic acids is 1. The molecule has 7 heteroatoms. The van der Waals surface area contributed by atoms with Crippen LogP contribution >= 0.6 is 11.3 Å². The SMILES string of the molecule is Cc1nc(C(=O)N2CCC(Cn3cnc(C)c(C)c3=O)CC2)cs1. The van der Waals surface area contributed by atoms with Crippen molar-refractivity contribution in [1.29, 1.82) is 0 Å². The summed E-state index contributed by atoms with van der Waals surface area (Å²) in [4.78, 5) is 35.1. The van der Waals surface area contributed by atoms with Crippen LogP contribution in [0.15, 0.2) is 16.5 Å². The Morgan fingerprint density at radius 2 is 2.00 bits per heavy atom. The zero-order valence-corrected chi connectivity index (χ0v) is 15.1. The minimum absolute atomic E-state index is 0.0165. The van der Waals surface area contributed by atoms with Crippen LogP contribution in [0, 0.1) is 26.7 Å².